The van der Waals surface area contributed by atoms with Gasteiger partial charge in [0.2, 0.25) is 0 Å². The molecule has 0 aromatic rings. The quantitative estimate of drug-likeness (QED) is 0.623. The van der Waals surface area contributed by atoms with Crippen LogP contribution in [-0.2, 0) is 9.47 Å². The molecule has 2 fully saturated rings. The van der Waals surface area contributed by atoms with Crippen LogP contribution in [0.25, 0.3) is 0 Å². The average molecular weight is 267 g/mol. The van der Waals surface area contributed by atoms with Gasteiger partial charge in [0.25, 0.3) is 0 Å². The van der Waals surface area contributed by atoms with Gasteiger partial charge >= 0.3 is 0 Å². The molecule has 84 valence electrons. The first-order valence-electron chi connectivity index (χ1n) is 5.24. The largest absolute Gasteiger partial charge is 0.394 e. The third-order valence-electron chi connectivity index (χ3n) is 2.51. The van der Waals surface area contributed by atoms with Gasteiger partial charge in [-0.25, -0.2) is 0 Å². The molecular weight excluding hydrogens is 248 g/mol. The van der Waals surface area contributed by atoms with Crippen molar-refractivity contribution in [1.29, 1.82) is 0 Å². The monoisotopic (exact) mass is 266 g/mol. The maximum atomic E-state index is 8.38. The van der Waals surface area contributed by atoms with E-state index in [1.54, 1.807) is 0 Å². The molecule has 2 rings (SSSR count). The lowest BCUT2D eigenvalue weighted by atomic mass is 10.3. The van der Waals surface area contributed by atoms with Crippen LogP contribution in [0.1, 0.15) is 26.7 Å². The number of hydrogen-bond donors (Lipinski definition) is 1. The Kier molecular flexibility index (Phi) is 5.38. The molecule has 4 heteroatoms. The van der Waals surface area contributed by atoms with Crippen LogP contribution in [0.4, 0.5) is 0 Å². The second kappa shape index (κ2) is 6.05. The summed E-state index contributed by atoms with van der Waals surface area (Å²) in [4.78, 5) is 0. The molecule has 3 nitrogen and oxygen atoms in total. The summed E-state index contributed by atoms with van der Waals surface area (Å²) in [6, 6.07) is 0. The normalized spacial score (nSPS) is 38.6. The number of aliphatic hydroxyl groups is 1. The predicted molar refractivity (Wildman–Crippen MR) is 58.8 cm³/mol. The SMILES string of the molecule is CCC1OC1CBr.CCC1OC1CO. The van der Waals surface area contributed by atoms with Gasteiger partial charge in [0.05, 0.1) is 24.9 Å². The zero-order valence-corrected chi connectivity index (χ0v) is 10.4. The summed E-state index contributed by atoms with van der Waals surface area (Å²) in [5.74, 6) is 0. The zero-order chi connectivity index (χ0) is 10.6. The molecule has 2 aliphatic heterocycles. The lowest BCUT2D eigenvalue weighted by Crippen LogP contribution is -1.96. The number of aliphatic hydroxyl groups excluding tert-OH is 1. The molecule has 0 saturated carbocycles. The number of rotatable bonds is 4. The molecule has 0 radical (unpaired) electrons. The molecule has 0 aliphatic carbocycles. The molecule has 1 N–H and O–H groups in total. The van der Waals surface area contributed by atoms with Gasteiger partial charge in [-0.2, -0.15) is 0 Å². The highest BCUT2D eigenvalue weighted by Gasteiger charge is 2.36. The first-order valence-corrected chi connectivity index (χ1v) is 6.36. The van der Waals surface area contributed by atoms with Crippen molar-refractivity contribution >= 4 is 15.9 Å². The minimum absolute atomic E-state index is 0.171. The van der Waals surface area contributed by atoms with E-state index < -0.39 is 0 Å². The number of epoxide rings is 2. The maximum Gasteiger partial charge on any atom is 0.107 e. The van der Waals surface area contributed by atoms with Gasteiger partial charge in [0.1, 0.15) is 6.10 Å². The third kappa shape index (κ3) is 3.85. The molecule has 2 aliphatic rings. The van der Waals surface area contributed by atoms with E-state index in [-0.39, 0.29) is 12.7 Å². The van der Waals surface area contributed by atoms with E-state index >= 15 is 0 Å². The second-order valence-corrected chi connectivity index (χ2v) is 4.23. The van der Waals surface area contributed by atoms with Gasteiger partial charge < -0.3 is 14.6 Å². The van der Waals surface area contributed by atoms with Gasteiger partial charge in [-0.1, -0.05) is 29.8 Å². The highest BCUT2D eigenvalue weighted by Crippen LogP contribution is 2.25. The Hall–Kier alpha value is 0.360. The van der Waals surface area contributed by atoms with E-state index in [9.17, 15) is 0 Å². The van der Waals surface area contributed by atoms with Crippen LogP contribution in [0.2, 0.25) is 0 Å². The molecule has 0 aromatic carbocycles. The molecule has 14 heavy (non-hydrogen) atoms. The summed E-state index contributed by atoms with van der Waals surface area (Å²) in [6.07, 6.45) is 3.83. The van der Waals surface area contributed by atoms with Gasteiger partial charge in [-0.3, -0.25) is 0 Å². The fraction of sp³-hybridized carbons (Fsp3) is 1.00. The summed E-state index contributed by atoms with van der Waals surface area (Å²) in [6.45, 7) is 4.40. The lowest BCUT2D eigenvalue weighted by molar-refractivity contribution is 0.242. The number of alkyl halides is 1. The molecule has 4 atom stereocenters. The van der Waals surface area contributed by atoms with Crippen LogP contribution in [0, 0.1) is 0 Å². The predicted octanol–water partition coefficient (Wildman–Crippen LogP) is 1.71. The Morgan fingerprint density at radius 1 is 1.00 bits per heavy atom. The summed E-state index contributed by atoms with van der Waals surface area (Å²) in [7, 11) is 0. The van der Waals surface area contributed by atoms with Crippen LogP contribution < -0.4 is 0 Å². The van der Waals surface area contributed by atoms with Gasteiger partial charge in [0, 0.05) is 5.33 Å². The van der Waals surface area contributed by atoms with E-state index in [0.29, 0.717) is 18.3 Å². The van der Waals surface area contributed by atoms with Crippen molar-refractivity contribution in [1.82, 2.24) is 0 Å². The summed E-state index contributed by atoms with van der Waals surface area (Å²) in [5, 5.41) is 9.39. The fourth-order valence-electron chi connectivity index (χ4n) is 1.37. The molecule has 0 bridgehead atoms. The van der Waals surface area contributed by atoms with Crippen molar-refractivity contribution in [3.8, 4) is 0 Å². The van der Waals surface area contributed by atoms with Crippen molar-refractivity contribution in [3.63, 3.8) is 0 Å². The van der Waals surface area contributed by atoms with Crippen LogP contribution >= 0.6 is 15.9 Å². The Balaban J connectivity index is 0.000000140. The summed E-state index contributed by atoms with van der Waals surface area (Å²) < 4.78 is 10.1. The Labute approximate surface area is 93.9 Å². The minimum Gasteiger partial charge on any atom is -0.394 e. The smallest absolute Gasteiger partial charge is 0.107 e. The fourth-order valence-corrected chi connectivity index (χ4v) is 1.94. The summed E-state index contributed by atoms with van der Waals surface area (Å²) >= 11 is 3.33. The van der Waals surface area contributed by atoms with Crippen LogP contribution in [-0.4, -0.2) is 41.5 Å². The van der Waals surface area contributed by atoms with E-state index in [0.717, 1.165) is 18.2 Å². The van der Waals surface area contributed by atoms with E-state index in [2.05, 4.69) is 29.8 Å². The van der Waals surface area contributed by atoms with E-state index in [1.807, 2.05) is 0 Å². The second-order valence-electron chi connectivity index (χ2n) is 3.58. The zero-order valence-electron chi connectivity index (χ0n) is 8.78. The van der Waals surface area contributed by atoms with Crippen molar-refractivity contribution in [3.05, 3.63) is 0 Å². The Morgan fingerprint density at radius 2 is 1.50 bits per heavy atom. The molecule has 0 amide bonds. The maximum absolute atomic E-state index is 8.38. The Bertz CT molecular complexity index is 131. The van der Waals surface area contributed by atoms with Crippen molar-refractivity contribution in [2.24, 2.45) is 0 Å². The van der Waals surface area contributed by atoms with Gasteiger partial charge in [-0.15, -0.1) is 0 Å². The van der Waals surface area contributed by atoms with Crippen LogP contribution in [0.5, 0.6) is 0 Å². The van der Waals surface area contributed by atoms with E-state index in [1.165, 1.54) is 0 Å². The first-order chi connectivity index (χ1) is 6.76. The number of ether oxygens (including phenoxy) is 2. The third-order valence-corrected chi connectivity index (χ3v) is 3.15. The Morgan fingerprint density at radius 3 is 1.64 bits per heavy atom. The van der Waals surface area contributed by atoms with Gasteiger partial charge in [-0.05, 0) is 12.8 Å². The number of hydrogen-bond acceptors (Lipinski definition) is 3. The van der Waals surface area contributed by atoms with Crippen molar-refractivity contribution in [2.75, 3.05) is 11.9 Å². The molecule has 0 aromatic heterocycles. The van der Waals surface area contributed by atoms with Crippen molar-refractivity contribution in [2.45, 2.75) is 51.1 Å². The molecule has 2 heterocycles. The van der Waals surface area contributed by atoms with Gasteiger partial charge in [0.15, 0.2) is 0 Å². The van der Waals surface area contributed by atoms with Crippen LogP contribution in [0.15, 0.2) is 0 Å². The van der Waals surface area contributed by atoms with E-state index in [4.69, 9.17) is 14.6 Å². The molecular formula is C10H19BrO3. The average Bonchev–Trinajstić information content (AvgIpc) is 3.12. The topological polar surface area (TPSA) is 45.3 Å². The highest BCUT2D eigenvalue weighted by atomic mass is 79.9. The molecule has 4 unspecified atom stereocenters. The first kappa shape index (κ1) is 12.4. The summed E-state index contributed by atoms with van der Waals surface area (Å²) in [5.41, 5.74) is 0. The highest BCUT2D eigenvalue weighted by molar-refractivity contribution is 9.09. The molecule has 2 saturated heterocycles. The molecule has 0 spiro atoms. The number of halogens is 1. The lowest BCUT2D eigenvalue weighted by Gasteiger charge is -1.78. The van der Waals surface area contributed by atoms with Crippen molar-refractivity contribution < 1.29 is 14.6 Å². The minimum atomic E-state index is 0.171. The standard InChI is InChI=1S/C5H9BrO.C5H10O2/c2*1-2-4-5(3-6)7-4/h4-5H,2-3H2,1H3;4-6H,2-3H2,1H3. The van der Waals surface area contributed by atoms with Crippen LogP contribution in [0.3, 0.4) is 0 Å².